The predicted octanol–water partition coefficient (Wildman–Crippen LogP) is 1.75. The fourth-order valence-electron chi connectivity index (χ4n) is 1.82. The zero-order valence-electron chi connectivity index (χ0n) is 12.0. The van der Waals surface area contributed by atoms with Gasteiger partial charge in [0.05, 0.1) is 18.3 Å². The van der Waals surface area contributed by atoms with Crippen LogP contribution in [0.4, 0.5) is 11.5 Å². The molecule has 2 rings (SSSR count). The highest BCUT2D eigenvalue weighted by molar-refractivity contribution is 5.53. The molecule has 0 aliphatic carbocycles. The fourth-order valence-corrected chi connectivity index (χ4v) is 1.82. The molecule has 1 unspecified atom stereocenters. The molecule has 1 atom stereocenters. The highest BCUT2D eigenvalue weighted by Gasteiger charge is 2.12. The van der Waals surface area contributed by atoms with E-state index in [9.17, 15) is 0 Å². The number of nitrogens with zero attached hydrogens (tertiary/aromatic N) is 4. The van der Waals surface area contributed by atoms with E-state index in [2.05, 4.69) is 20.5 Å². The van der Waals surface area contributed by atoms with Gasteiger partial charge >= 0.3 is 0 Å². The Hall–Kier alpha value is -2.31. The zero-order chi connectivity index (χ0) is 14.5. The van der Waals surface area contributed by atoms with Gasteiger partial charge in [-0.1, -0.05) is 6.92 Å². The van der Waals surface area contributed by atoms with E-state index in [0.29, 0.717) is 24.0 Å². The van der Waals surface area contributed by atoms with Crippen LogP contribution in [0.15, 0.2) is 18.5 Å². The van der Waals surface area contributed by atoms with Crippen LogP contribution in [0.25, 0.3) is 0 Å². The monoisotopic (exact) mass is 276 g/mol. The van der Waals surface area contributed by atoms with Crippen LogP contribution < -0.4 is 15.8 Å². The number of nitrogens with two attached hydrogens (primary N) is 1. The van der Waals surface area contributed by atoms with E-state index < -0.39 is 0 Å². The molecule has 0 radical (unpaired) electrons. The van der Waals surface area contributed by atoms with E-state index in [1.165, 1.54) is 0 Å². The third kappa shape index (κ3) is 3.17. The van der Waals surface area contributed by atoms with Crippen molar-refractivity contribution in [3.63, 3.8) is 0 Å². The minimum atomic E-state index is -0.0161. The molecular weight excluding hydrogens is 256 g/mol. The molecule has 0 aliphatic rings. The van der Waals surface area contributed by atoms with Crippen molar-refractivity contribution in [3.05, 3.63) is 24.3 Å². The van der Waals surface area contributed by atoms with Gasteiger partial charge in [0.15, 0.2) is 5.82 Å². The number of anilines is 2. The summed E-state index contributed by atoms with van der Waals surface area (Å²) < 4.78 is 7.38. The van der Waals surface area contributed by atoms with Crippen LogP contribution in [0.3, 0.4) is 0 Å². The molecule has 2 heterocycles. The first-order valence-corrected chi connectivity index (χ1v) is 6.61. The number of hydrogen-bond donors (Lipinski definition) is 2. The van der Waals surface area contributed by atoms with Gasteiger partial charge in [0.25, 0.3) is 0 Å². The third-order valence-electron chi connectivity index (χ3n) is 2.83. The van der Waals surface area contributed by atoms with Crippen LogP contribution in [0, 0.1) is 0 Å². The SMILES string of the molecule is CCCOc1nc(NC(C)c2nncn2C)ccc1N. The molecule has 0 fully saturated rings. The van der Waals surface area contributed by atoms with Crippen molar-refractivity contribution in [3.8, 4) is 5.88 Å². The van der Waals surface area contributed by atoms with Crippen molar-refractivity contribution in [2.45, 2.75) is 26.3 Å². The molecule has 2 aromatic heterocycles. The lowest BCUT2D eigenvalue weighted by Gasteiger charge is -2.15. The maximum absolute atomic E-state index is 5.84. The number of nitrogens with one attached hydrogen (secondary N) is 1. The van der Waals surface area contributed by atoms with E-state index in [4.69, 9.17) is 10.5 Å². The van der Waals surface area contributed by atoms with Crippen LogP contribution in [-0.2, 0) is 7.05 Å². The van der Waals surface area contributed by atoms with Crippen LogP contribution in [0.1, 0.15) is 32.1 Å². The number of hydrogen-bond acceptors (Lipinski definition) is 6. The molecule has 7 nitrogen and oxygen atoms in total. The quantitative estimate of drug-likeness (QED) is 0.835. The van der Waals surface area contributed by atoms with E-state index >= 15 is 0 Å². The highest BCUT2D eigenvalue weighted by Crippen LogP contribution is 2.23. The molecule has 108 valence electrons. The number of pyridine rings is 1. The molecule has 0 aromatic carbocycles. The lowest BCUT2D eigenvalue weighted by atomic mass is 10.3. The third-order valence-corrected chi connectivity index (χ3v) is 2.83. The van der Waals surface area contributed by atoms with Gasteiger partial charge in [-0.25, -0.2) is 0 Å². The summed E-state index contributed by atoms with van der Waals surface area (Å²) in [6, 6.07) is 3.59. The molecular formula is C13H20N6O. The van der Waals surface area contributed by atoms with Crippen LogP contribution in [0.5, 0.6) is 5.88 Å². The first-order valence-electron chi connectivity index (χ1n) is 6.61. The number of nitrogen functional groups attached to an aromatic ring is 1. The van der Waals surface area contributed by atoms with Crippen LogP contribution in [0.2, 0.25) is 0 Å². The van der Waals surface area contributed by atoms with Gasteiger partial charge in [0, 0.05) is 7.05 Å². The number of ether oxygens (including phenoxy) is 1. The van der Waals surface area contributed by atoms with Gasteiger partial charge < -0.3 is 20.4 Å². The first kappa shape index (κ1) is 14.1. The standard InChI is InChI=1S/C13H20N6O/c1-4-7-20-13-10(14)5-6-11(17-13)16-9(2)12-18-15-8-19(12)3/h5-6,8-9H,4,7,14H2,1-3H3,(H,16,17). The Labute approximate surface area is 118 Å². The van der Waals surface area contributed by atoms with Gasteiger partial charge in [-0.15, -0.1) is 10.2 Å². The lowest BCUT2D eigenvalue weighted by Crippen LogP contribution is -2.13. The Balaban J connectivity index is 2.11. The van der Waals surface area contributed by atoms with Gasteiger partial charge in [-0.3, -0.25) is 0 Å². The summed E-state index contributed by atoms with van der Waals surface area (Å²) >= 11 is 0. The first-order chi connectivity index (χ1) is 9.61. The van der Waals surface area contributed by atoms with Crippen LogP contribution in [-0.4, -0.2) is 26.4 Å². The second-order valence-corrected chi connectivity index (χ2v) is 4.61. The number of rotatable bonds is 6. The van der Waals surface area contributed by atoms with Crippen molar-refractivity contribution in [2.75, 3.05) is 17.7 Å². The van der Waals surface area contributed by atoms with E-state index in [1.807, 2.05) is 31.5 Å². The van der Waals surface area contributed by atoms with Crippen molar-refractivity contribution in [2.24, 2.45) is 7.05 Å². The lowest BCUT2D eigenvalue weighted by molar-refractivity contribution is 0.307. The van der Waals surface area contributed by atoms with Crippen molar-refractivity contribution in [1.29, 1.82) is 0 Å². The summed E-state index contributed by atoms with van der Waals surface area (Å²) in [5.41, 5.74) is 6.38. The number of aromatic nitrogens is 4. The number of aryl methyl sites for hydroxylation is 1. The second kappa shape index (κ2) is 6.23. The maximum atomic E-state index is 5.84. The maximum Gasteiger partial charge on any atom is 0.239 e. The van der Waals surface area contributed by atoms with E-state index in [1.54, 1.807) is 12.4 Å². The molecule has 3 N–H and O–H groups in total. The zero-order valence-corrected chi connectivity index (χ0v) is 12.0. The van der Waals surface area contributed by atoms with Crippen LogP contribution >= 0.6 is 0 Å². The fraction of sp³-hybridized carbons (Fsp3) is 0.462. The molecule has 2 aromatic rings. The molecule has 0 bridgehead atoms. The summed E-state index contributed by atoms with van der Waals surface area (Å²) in [6.45, 7) is 4.63. The Morgan fingerprint density at radius 1 is 1.45 bits per heavy atom. The predicted molar refractivity (Wildman–Crippen MR) is 77.5 cm³/mol. The molecule has 7 heteroatoms. The topological polar surface area (TPSA) is 90.9 Å². The summed E-state index contributed by atoms with van der Waals surface area (Å²) in [4.78, 5) is 4.37. The van der Waals surface area contributed by atoms with E-state index in [-0.39, 0.29) is 6.04 Å². The Bertz CT molecular complexity index is 568. The molecule has 20 heavy (non-hydrogen) atoms. The summed E-state index contributed by atoms with van der Waals surface area (Å²) in [5.74, 6) is 1.99. The Morgan fingerprint density at radius 2 is 2.25 bits per heavy atom. The average Bonchev–Trinajstić information content (AvgIpc) is 2.85. The average molecular weight is 276 g/mol. The largest absolute Gasteiger partial charge is 0.476 e. The summed E-state index contributed by atoms with van der Waals surface area (Å²) in [5, 5.41) is 11.2. The summed E-state index contributed by atoms with van der Waals surface area (Å²) in [7, 11) is 1.90. The van der Waals surface area contributed by atoms with Gasteiger partial charge in [0.1, 0.15) is 12.1 Å². The minimum Gasteiger partial charge on any atom is -0.476 e. The highest BCUT2D eigenvalue weighted by atomic mass is 16.5. The van der Waals surface area contributed by atoms with E-state index in [0.717, 1.165) is 12.2 Å². The van der Waals surface area contributed by atoms with Gasteiger partial charge in [0.2, 0.25) is 5.88 Å². The van der Waals surface area contributed by atoms with Crippen molar-refractivity contribution >= 4 is 11.5 Å². The second-order valence-electron chi connectivity index (χ2n) is 4.61. The van der Waals surface area contributed by atoms with Gasteiger partial charge in [-0.2, -0.15) is 4.98 Å². The minimum absolute atomic E-state index is 0.0161. The van der Waals surface area contributed by atoms with Crippen molar-refractivity contribution < 1.29 is 4.74 Å². The Morgan fingerprint density at radius 3 is 2.90 bits per heavy atom. The molecule has 0 amide bonds. The smallest absolute Gasteiger partial charge is 0.239 e. The van der Waals surface area contributed by atoms with Gasteiger partial charge in [-0.05, 0) is 25.5 Å². The molecule has 0 spiro atoms. The normalized spacial score (nSPS) is 12.2. The molecule has 0 saturated heterocycles. The van der Waals surface area contributed by atoms with Crippen molar-refractivity contribution in [1.82, 2.24) is 19.7 Å². The molecule has 0 saturated carbocycles. The summed E-state index contributed by atoms with van der Waals surface area (Å²) in [6.07, 6.45) is 2.58. The molecule has 0 aliphatic heterocycles. The Kier molecular flexibility index (Phi) is 4.39.